The lowest BCUT2D eigenvalue weighted by molar-refractivity contribution is -0.127. The number of carbonyl (C=O) groups is 6. The highest BCUT2D eigenvalue weighted by Gasteiger charge is 2.27. The van der Waals surface area contributed by atoms with Crippen LogP contribution in [0.15, 0.2) is 111 Å². The molecule has 0 bridgehead atoms. The molecule has 0 aromatic heterocycles. The number of alkyl halides is 1. The summed E-state index contributed by atoms with van der Waals surface area (Å²) in [6.07, 6.45) is 0.198. The summed E-state index contributed by atoms with van der Waals surface area (Å²) in [6.45, 7) is 2.29. The van der Waals surface area contributed by atoms with E-state index in [1.54, 1.807) is 12.1 Å². The van der Waals surface area contributed by atoms with Crippen molar-refractivity contribution in [3.63, 3.8) is 0 Å². The van der Waals surface area contributed by atoms with E-state index in [1.807, 2.05) is 0 Å². The number of azo groups is 2. The highest BCUT2D eigenvalue weighted by molar-refractivity contribution is 6.43. The standard InChI is InChI=1S/C42H31Cl7N8O6/c1-20(58)37(56-54-33-7-3-5-26(35(33)48)39(60)50-24-9-12-28(44)30(46)18-24)41(62)52-23-11-14-32(22(17-23)15-16-43)53-42(63)38(21(2)59)57-55-34-8-4-6-27(36(34)49)40(61)51-25-10-13-29(45)31(47)19-25/h3-14,17-19,37-38H,15-16H2,1-2H3,(H,50,60)(H,51,61)(H,52,62)(H,53,63). The van der Waals surface area contributed by atoms with Gasteiger partial charge in [-0.2, -0.15) is 20.5 Å². The molecule has 0 aliphatic heterocycles. The van der Waals surface area contributed by atoms with Crippen LogP contribution in [0.3, 0.4) is 0 Å². The van der Waals surface area contributed by atoms with Crippen LogP contribution in [0.1, 0.15) is 40.1 Å². The van der Waals surface area contributed by atoms with Gasteiger partial charge in [-0.05, 0) is 105 Å². The van der Waals surface area contributed by atoms with Gasteiger partial charge in [0.25, 0.3) is 23.6 Å². The summed E-state index contributed by atoms with van der Waals surface area (Å²) < 4.78 is 0. The van der Waals surface area contributed by atoms with E-state index in [0.29, 0.717) is 27.0 Å². The Kier molecular flexibility index (Phi) is 17.2. The van der Waals surface area contributed by atoms with Gasteiger partial charge >= 0.3 is 0 Å². The third-order valence-electron chi connectivity index (χ3n) is 8.62. The van der Waals surface area contributed by atoms with Crippen LogP contribution in [-0.2, 0) is 25.6 Å². The number of benzene rings is 5. The summed E-state index contributed by atoms with van der Waals surface area (Å²) in [6, 6.07) is 18.9. The van der Waals surface area contributed by atoms with Gasteiger partial charge in [0.2, 0.25) is 12.1 Å². The van der Waals surface area contributed by atoms with Gasteiger partial charge in [0, 0.05) is 28.6 Å². The Balaban J connectivity index is 1.28. The molecule has 324 valence electrons. The largest absolute Gasteiger partial charge is 0.324 e. The smallest absolute Gasteiger partial charge is 0.258 e. The van der Waals surface area contributed by atoms with Crippen LogP contribution in [-0.4, -0.2) is 53.2 Å². The van der Waals surface area contributed by atoms with Crippen LogP contribution < -0.4 is 21.3 Å². The Morgan fingerprint density at radius 3 is 1.38 bits per heavy atom. The van der Waals surface area contributed by atoms with Crippen molar-refractivity contribution < 1.29 is 28.8 Å². The van der Waals surface area contributed by atoms with E-state index >= 15 is 0 Å². The van der Waals surface area contributed by atoms with Gasteiger partial charge in [0.15, 0.2) is 11.6 Å². The van der Waals surface area contributed by atoms with Crippen LogP contribution in [0, 0.1) is 0 Å². The molecule has 4 amide bonds. The molecule has 5 aromatic carbocycles. The lowest BCUT2D eigenvalue weighted by Crippen LogP contribution is -2.32. The van der Waals surface area contributed by atoms with Crippen molar-refractivity contribution in [2.75, 3.05) is 27.1 Å². The highest BCUT2D eigenvalue weighted by Crippen LogP contribution is 2.33. The van der Waals surface area contributed by atoms with Gasteiger partial charge in [-0.1, -0.05) is 81.7 Å². The van der Waals surface area contributed by atoms with Gasteiger partial charge in [0.1, 0.15) is 11.4 Å². The molecule has 0 aliphatic carbocycles. The number of hydrogen-bond acceptors (Lipinski definition) is 10. The van der Waals surface area contributed by atoms with Gasteiger partial charge in [-0.15, -0.1) is 11.6 Å². The Labute approximate surface area is 394 Å². The van der Waals surface area contributed by atoms with Crippen LogP contribution in [0.25, 0.3) is 0 Å². The van der Waals surface area contributed by atoms with E-state index in [4.69, 9.17) is 81.2 Å². The van der Waals surface area contributed by atoms with Crippen LogP contribution in [0.2, 0.25) is 30.1 Å². The number of Topliss-reactive ketones (excluding diaryl/α,β-unsaturated/α-hetero) is 2. The molecule has 0 spiro atoms. The second-order valence-corrected chi connectivity index (χ2v) is 16.0. The van der Waals surface area contributed by atoms with Gasteiger partial charge in [-0.25, -0.2) is 0 Å². The second-order valence-electron chi connectivity index (χ2n) is 13.2. The number of rotatable bonds is 16. The fraction of sp³-hybridized carbons (Fsp3) is 0.143. The van der Waals surface area contributed by atoms with Crippen molar-refractivity contribution in [2.45, 2.75) is 32.4 Å². The number of nitrogens with zero attached hydrogens (tertiary/aromatic N) is 4. The Hall–Kier alpha value is -5.45. The van der Waals surface area contributed by atoms with E-state index in [2.05, 4.69) is 41.7 Å². The maximum Gasteiger partial charge on any atom is 0.258 e. The Bertz CT molecular complexity index is 2700. The van der Waals surface area contributed by atoms with Gasteiger partial charge in [-0.3, -0.25) is 28.8 Å². The quantitative estimate of drug-likeness (QED) is 0.0430. The highest BCUT2D eigenvalue weighted by atomic mass is 35.5. The number of ketones is 2. The van der Waals surface area contributed by atoms with E-state index in [9.17, 15) is 28.8 Å². The van der Waals surface area contributed by atoms with Gasteiger partial charge in [0.05, 0.1) is 41.3 Å². The minimum atomic E-state index is -1.63. The molecule has 4 N–H and O–H groups in total. The summed E-state index contributed by atoms with van der Waals surface area (Å²) in [4.78, 5) is 78.1. The molecular formula is C42H31Cl7N8O6. The predicted octanol–water partition coefficient (Wildman–Crippen LogP) is 12.3. The van der Waals surface area contributed by atoms with Gasteiger partial charge < -0.3 is 21.3 Å². The zero-order valence-electron chi connectivity index (χ0n) is 32.6. The van der Waals surface area contributed by atoms with E-state index in [1.165, 1.54) is 78.9 Å². The van der Waals surface area contributed by atoms with Crippen molar-refractivity contribution in [3.05, 3.63) is 138 Å². The number of aryl methyl sites for hydroxylation is 1. The zero-order valence-corrected chi connectivity index (χ0v) is 37.9. The van der Waals surface area contributed by atoms with Crippen molar-refractivity contribution >= 4 is 151 Å². The molecule has 0 heterocycles. The second kappa shape index (κ2) is 22.3. The summed E-state index contributed by atoms with van der Waals surface area (Å²) in [5.41, 5.74) is 1.66. The Morgan fingerprint density at radius 2 is 0.952 bits per heavy atom. The first-order valence-electron chi connectivity index (χ1n) is 18.2. The van der Waals surface area contributed by atoms with E-state index in [-0.39, 0.29) is 66.3 Å². The lowest BCUT2D eigenvalue weighted by atomic mass is 10.1. The van der Waals surface area contributed by atoms with E-state index < -0.39 is 47.3 Å². The maximum atomic E-state index is 13.4. The summed E-state index contributed by atoms with van der Waals surface area (Å²) >= 11 is 43.1. The van der Waals surface area contributed by atoms with E-state index in [0.717, 1.165) is 13.8 Å². The van der Waals surface area contributed by atoms with Crippen LogP contribution >= 0.6 is 81.2 Å². The molecule has 63 heavy (non-hydrogen) atoms. The fourth-order valence-electron chi connectivity index (χ4n) is 5.48. The van der Waals surface area contributed by atoms with Crippen molar-refractivity contribution in [3.8, 4) is 0 Å². The molecule has 14 nitrogen and oxygen atoms in total. The average Bonchev–Trinajstić information content (AvgIpc) is 3.22. The molecule has 5 rings (SSSR count). The number of nitrogens with one attached hydrogen (secondary N) is 4. The molecule has 21 heteroatoms. The zero-order chi connectivity index (χ0) is 46.0. The minimum absolute atomic E-state index is 0.00387. The molecular weight excluding hydrogens is 961 g/mol. The molecule has 2 atom stereocenters. The number of carbonyl (C=O) groups excluding carboxylic acids is 6. The monoisotopic (exact) mass is 988 g/mol. The molecule has 2 unspecified atom stereocenters. The first-order valence-corrected chi connectivity index (χ1v) is 21.0. The lowest BCUT2D eigenvalue weighted by Gasteiger charge is -2.15. The number of amides is 4. The van der Waals surface area contributed by atoms with Crippen LogP contribution in [0.4, 0.5) is 34.1 Å². The third-order valence-corrected chi connectivity index (χ3v) is 11.1. The summed E-state index contributed by atoms with van der Waals surface area (Å²) in [5.74, 6) is -4.12. The van der Waals surface area contributed by atoms with Crippen LogP contribution in [0.5, 0.6) is 0 Å². The molecule has 0 fully saturated rings. The topological polar surface area (TPSA) is 200 Å². The van der Waals surface area contributed by atoms with Crippen molar-refractivity contribution in [1.29, 1.82) is 0 Å². The number of anilines is 4. The maximum absolute atomic E-state index is 13.4. The molecule has 0 saturated carbocycles. The molecule has 0 aliphatic rings. The summed E-state index contributed by atoms with van der Waals surface area (Å²) in [7, 11) is 0. The summed E-state index contributed by atoms with van der Waals surface area (Å²) in [5, 5.41) is 27.3. The SMILES string of the molecule is CC(=O)C(N=Nc1cccc(C(=O)Nc2ccc(Cl)c(Cl)c2)c1Cl)C(=O)Nc1ccc(NC(=O)C(N=Nc2cccc(C(=O)Nc3ccc(Cl)c(Cl)c3)c2Cl)C(C)=O)c(CCCl)c1. The minimum Gasteiger partial charge on any atom is -0.324 e. The van der Waals surface area contributed by atoms with Crippen molar-refractivity contribution in [1.82, 2.24) is 0 Å². The molecule has 0 saturated heterocycles. The normalized spacial score (nSPS) is 12.1. The average molecular weight is 992 g/mol. The first-order chi connectivity index (χ1) is 30.0. The Morgan fingerprint density at radius 1 is 0.524 bits per heavy atom. The molecule has 5 aromatic rings. The number of halogens is 7. The molecule has 0 radical (unpaired) electrons. The first kappa shape index (κ1) is 48.6. The predicted molar refractivity (Wildman–Crippen MR) is 248 cm³/mol. The number of hydrogen-bond donors (Lipinski definition) is 4. The third kappa shape index (κ3) is 12.8. The van der Waals surface area contributed by atoms with Crippen molar-refractivity contribution in [2.24, 2.45) is 20.5 Å². The fourth-order valence-corrected chi connectivity index (χ4v) is 6.78.